The van der Waals surface area contributed by atoms with Gasteiger partial charge >= 0.3 is 5.97 Å². The van der Waals surface area contributed by atoms with Crippen LogP contribution in [0.5, 0.6) is 0 Å². The van der Waals surface area contributed by atoms with Gasteiger partial charge in [-0.2, -0.15) is 0 Å². The number of fused-ring (bicyclic) bond motifs is 1. The highest BCUT2D eigenvalue weighted by Gasteiger charge is 2.41. The van der Waals surface area contributed by atoms with E-state index < -0.39 is 12.0 Å². The smallest absolute Gasteiger partial charge is 0.338 e. The number of ether oxygens (including phenoxy) is 1. The fourth-order valence-corrected chi connectivity index (χ4v) is 5.32. The SMILES string of the molecule is CC1=C(C(=O)OC(C)C)C(c2cccs2)N2C(CC(=O)Nc3ccc(F)cc3)=CSC2=N1. The number of nitrogens with one attached hydrogen (secondary N) is 1. The summed E-state index contributed by atoms with van der Waals surface area (Å²) in [5, 5.41) is 7.34. The molecule has 0 saturated heterocycles. The van der Waals surface area contributed by atoms with Crippen LogP contribution in [0.25, 0.3) is 0 Å². The number of thiophene rings is 1. The molecule has 1 aromatic carbocycles. The number of aliphatic imine (C=N–C) groups is 1. The predicted octanol–water partition coefficient (Wildman–Crippen LogP) is 5.44. The first-order valence-corrected chi connectivity index (χ1v) is 11.8. The van der Waals surface area contributed by atoms with Gasteiger partial charge in [0.05, 0.1) is 23.8 Å². The Morgan fingerprint density at radius 3 is 2.66 bits per heavy atom. The molecule has 0 radical (unpaired) electrons. The van der Waals surface area contributed by atoms with Crippen molar-refractivity contribution in [1.82, 2.24) is 4.90 Å². The van der Waals surface area contributed by atoms with Crippen molar-refractivity contribution in [2.75, 3.05) is 5.32 Å². The molecule has 4 rings (SSSR count). The number of carbonyl (C=O) groups excluding carboxylic acids is 2. The lowest BCUT2D eigenvalue weighted by Crippen LogP contribution is -2.37. The molecule has 2 aliphatic heterocycles. The van der Waals surface area contributed by atoms with Crippen LogP contribution >= 0.6 is 23.1 Å². The summed E-state index contributed by atoms with van der Waals surface area (Å²) in [5.41, 5.74) is 2.33. The molecule has 0 spiro atoms. The molecule has 1 atom stereocenters. The second-order valence-electron chi connectivity index (χ2n) is 7.59. The quantitative estimate of drug-likeness (QED) is 0.568. The number of benzene rings is 1. The van der Waals surface area contributed by atoms with Gasteiger partial charge in [-0.15, -0.1) is 11.3 Å². The third kappa shape index (κ3) is 4.63. The topological polar surface area (TPSA) is 71.0 Å². The van der Waals surface area contributed by atoms with Crippen LogP contribution in [0, 0.1) is 5.82 Å². The molecule has 166 valence electrons. The summed E-state index contributed by atoms with van der Waals surface area (Å²) >= 11 is 2.95. The number of anilines is 1. The minimum absolute atomic E-state index is 0.0802. The second-order valence-corrected chi connectivity index (χ2v) is 9.41. The van der Waals surface area contributed by atoms with Gasteiger partial charge in [0.1, 0.15) is 11.9 Å². The number of nitrogens with zero attached hydrogens (tertiary/aromatic N) is 2. The monoisotopic (exact) mass is 471 g/mol. The van der Waals surface area contributed by atoms with Crippen molar-refractivity contribution >= 4 is 45.8 Å². The minimum Gasteiger partial charge on any atom is -0.459 e. The van der Waals surface area contributed by atoms with E-state index in [0.29, 0.717) is 22.1 Å². The van der Waals surface area contributed by atoms with Crippen molar-refractivity contribution in [3.05, 3.63) is 74.8 Å². The van der Waals surface area contributed by atoms with Gasteiger partial charge in [-0.3, -0.25) is 4.79 Å². The normalized spacial score (nSPS) is 17.8. The van der Waals surface area contributed by atoms with Gasteiger partial charge in [0.15, 0.2) is 5.17 Å². The molecule has 1 amide bonds. The van der Waals surface area contributed by atoms with Gasteiger partial charge < -0.3 is 15.0 Å². The zero-order valence-electron chi connectivity index (χ0n) is 17.8. The number of amides is 1. The number of rotatable bonds is 6. The number of hydrogen-bond acceptors (Lipinski definition) is 7. The number of hydrogen-bond donors (Lipinski definition) is 1. The van der Waals surface area contributed by atoms with Gasteiger partial charge in [0.2, 0.25) is 5.91 Å². The van der Waals surface area contributed by atoms with Crippen LogP contribution in [0.2, 0.25) is 0 Å². The van der Waals surface area contributed by atoms with Crippen LogP contribution in [0.3, 0.4) is 0 Å². The molecular formula is C23H22FN3O3S2. The number of carbonyl (C=O) groups is 2. The van der Waals surface area contributed by atoms with E-state index in [2.05, 4.69) is 10.3 Å². The van der Waals surface area contributed by atoms with E-state index >= 15 is 0 Å². The lowest BCUT2D eigenvalue weighted by Gasteiger charge is -2.35. The number of halogens is 1. The fraction of sp³-hybridized carbons (Fsp3) is 0.261. The lowest BCUT2D eigenvalue weighted by molar-refractivity contribution is -0.143. The van der Waals surface area contributed by atoms with Crippen molar-refractivity contribution in [2.45, 2.75) is 39.3 Å². The van der Waals surface area contributed by atoms with E-state index in [1.54, 1.807) is 0 Å². The first-order chi connectivity index (χ1) is 15.3. The van der Waals surface area contributed by atoms with Crippen molar-refractivity contribution < 1.29 is 18.7 Å². The van der Waals surface area contributed by atoms with Gasteiger partial charge in [0, 0.05) is 16.3 Å². The summed E-state index contributed by atoms with van der Waals surface area (Å²) in [4.78, 5) is 33.2. The van der Waals surface area contributed by atoms with Crippen LogP contribution in [0.15, 0.2) is 69.1 Å². The Balaban J connectivity index is 1.61. The Bertz CT molecular complexity index is 1120. The van der Waals surface area contributed by atoms with Gasteiger partial charge in [-0.1, -0.05) is 17.8 Å². The van der Waals surface area contributed by atoms with E-state index in [9.17, 15) is 14.0 Å². The Kier molecular flexibility index (Phi) is 6.48. The maximum atomic E-state index is 13.1. The minimum atomic E-state index is -0.423. The molecule has 6 nitrogen and oxygen atoms in total. The highest BCUT2D eigenvalue weighted by atomic mass is 32.2. The molecule has 32 heavy (non-hydrogen) atoms. The maximum Gasteiger partial charge on any atom is 0.338 e. The summed E-state index contributed by atoms with van der Waals surface area (Å²) in [6.45, 7) is 5.42. The zero-order valence-corrected chi connectivity index (χ0v) is 19.4. The van der Waals surface area contributed by atoms with Crippen LogP contribution < -0.4 is 5.32 Å². The molecule has 1 aromatic heterocycles. The van der Waals surface area contributed by atoms with Crippen molar-refractivity contribution in [1.29, 1.82) is 0 Å². The average Bonchev–Trinajstić information content (AvgIpc) is 3.38. The van der Waals surface area contributed by atoms with Gasteiger partial charge in [-0.05, 0) is 61.9 Å². The van der Waals surface area contributed by atoms with E-state index in [4.69, 9.17) is 4.74 Å². The van der Waals surface area contributed by atoms with Crippen molar-refractivity contribution in [3.8, 4) is 0 Å². The summed E-state index contributed by atoms with van der Waals surface area (Å²) in [6.07, 6.45) is -0.182. The molecule has 0 saturated carbocycles. The highest BCUT2D eigenvalue weighted by molar-refractivity contribution is 8.16. The van der Waals surface area contributed by atoms with E-state index in [0.717, 1.165) is 10.6 Å². The molecule has 3 heterocycles. The Labute approximate surface area is 193 Å². The lowest BCUT2D eigenvalue weighted by atomic mass is 9.99. The second kappa shape index (κ2) is 9.30. The zero-order chi connectivity index (χ0) is 22.8. The highest BCUT2D eigenvalue weighted by Crippen LogP contribution is 2.46. The third-order valence-corrected chi connectivity index (χ3v) is 6.66. The Morgan fingerprint density at radius 1 is 1.25 bits per heavy atom. The van der Waals surface area contributed by atoms with Crippen molar-refractivity contribution in [3.63, 3.8) is 0 Å². The fourth-order valence-electron chi connectivity index (χ4n) is 3.53. The molecule has 1 N–H and O–H groups in total. The number of esters is 1. The third-order valence-electron chi connectivity index (χ3n) is 4.85. The molecule has 0 fully saturated rings. The summed E-state index contributed by atoms with van der Waals surface area (Å²) in [6, 6.07) is 9.09. The van der Waals surface area contributed by atoms with Crippen LogP contribution in [-0.2, 0) is 14.3 Å². The number of allylic oxidation sites excluding steroid dienone is 1. The number of thioether (sulfide) groups is 1. The molecule has 2 aromatic rings. The summed E-state index contributed by atoms with van der Waals surface area (Å²) < 4.78 is 18.7. The van der Waals surface area contributed by atoms with Crippen LogP contribution in [-0.4, -0.2) is 28.0 Å². The largest absolute Gasteiger partial charge is 0.459 e. The van der Waals surface area contributed by atoms with E-state index in [1.165, 1.54) is 47.4 Å². The van der Waals surface area contributed by atoms with Gasteiger partial charge in [-0.25, -0.2) is 14.2 Å². The first-order valence-electron chi connectivity index (χ1n) is 10.1. The Hall–Kier alpha value is -2.91. The maximum absolute atomic E-state index is 13.1. The molecule has 0 aliphatic carbocycles. The van der Waals surface area contributed by atoms with E-state index in [-0.39, 0.29) is 24.2 Å². The van der Waals surface area contributed by atoms with Crippen molar-refractivity contribution in [2.24, 2.45) is 4.99 Å². The molecule has 9 heteroatoms. The summed E-state index contributed by atoms with van der Waals surface area (Å²) in [5.74, 6) is -1.02. The first kappa shape index (κ1) is 22.3. The molecule has 1 unspecified atom stereocenters. The van der Waals surface area contributed by atoms with Gasteiger partial charge in [0.25, 0.3) is 0 Å². The molecule has 0 bridgehead atoms. The standard InChI is InChI=1S/C23H22FN3O3S2/c1-13(2)30-22(29)20-14(3)25-23-27(21(20)18-5-4-10-31-18)17(12-32-23)11-19(28)26-16-8-6-15(24)7-9-16/h4-10,12-13,21H,11H2,1-3H3,(H,26,28). The Morgan fingerprint density at radius 2 is 2.00 bits per heavy atom. The number of amidine groups is 1. The predicted molar refractivity (Wildman–Crippen MR) is 126 cm³/mol. The van der Waals surface area contributed by atoms with Crippen LogP contribution in [0.1, 0.15) is 38.1 Å². The molecular weight excluding hydrogens is 449 g/mol. The molecule has 2 aliphatic rings. The average molecular weight is 472 g/mol. The van der Waals surface area contributed by atoms with Crippen LogP contribution in [0.4, 0.5) is 10.1 Å². The van der Waals surface area contributed by atoms with E-state index in [1.807, 2.05) is 48.6 Å². The summed E-state index contributed by atoms with van der Waals surface area (Å²) in [7, 11) is 0.